The molecule has 7 nitrogen and oxygen atoms in total. The fourth-order valence-electron chi connectivity index (χ4n) is 3.51. The lowest BCUT2D eigenvalue weighted by Gasteiger charge is -2.30. The molecule has 0 spiro atoms. The first-order chi connectivity index (χ1) is 14.6. The number of carbonyl (C=O) groups excluding carboxylic acids is 1. The second-order valence-corrected chi connectivity index (χ2v) is 7.83. The highest BCUT2D eigenvalue weighted by Gasteiger charge is 2.31. The average Bonchev–Trinajstić information content (AvgIpc) is 2.68. The van der Waals surface area contributed by atoms with Crippen molar-refractivity contribution in [3.8, 4) is 5.75 Å². The number of carbonyl (C=O) groups is 1. The van der Waals surface area contributed by atoms with Crippen LogP contribution < -0.4 is 20.3 Å². The molecule has 1 aromatic carbocycles. The number of ether oxygens (including phenoxy) is 1. The van der Waals surface area contributed by atoms with E-state index in [0.717, 1.165) is 49.3 Å². The molecule has 0 radical (unpaired) electrons. The number of halogens is 3. The van der Waals surface area contributed by atoms with Gasteiger partial charge in [-0.1, -0.05) is 6.07 Å². The van der Waals surface area contributed by atoms with E-state index in [4.69, 9.17) is 0 Å². The number of alkyl halides is 3. The van der Waals surface area contributed by atoms with E-state index in [0.29, 0.717) is 5.95 Å². The molecule has 168 valence electrons. The van der Waals surface area contributed by atoms with Gasteiger partial charge in [-0.05, 0) is 50.8 Å². The Balaban J connectivity index is 1.52. The predicted molar refractivity (Wildman–Crippen MR) is 111 cm³/mol. The SMILES string of the molecule is Cc1cc(N(C)C)nc(NC2CCC(NC(=O)c3cccc(OC(F)(F)F)c3)CC2)n1. The van der Waals surface area contributed by atoms with Crippen molar-refractivity contribution in [3.05, 3.63) is 41.6 Å². The lowest BCUT2D eigenvalue weighted by Crippen LogP contribution is -2.40. The largest absolute Gasteiger partial charge is 0.573 e. The normalized spacial score (nSPS) is 18.9. The molecule has 1 amide bonds. The Bertz CT molecular complexity index is 912. The number of nitrogens with zero attached hydrogens (tertiary/aromatic N) is 3. The molecular weight excluding hydrogens is 411 g/mol. The summed E-state index contributed by atoms with van der Waals surface area (Å²) in [6, 6.07) is 7.13. The van der Waals surface area contributed by atoms with E-state index in [1.165, 1.54) is 12.1 Å². The predicted octanol–water partition coefficient (Wildman–Crippen LogP) is 3.90. The summed E-state index contributed by atoms with van der Waals surface area (Å²) in [5.74, 6) is 0.579. The minimum absolute atomic E-state index is 0.0477. The van der Waals surface area contributed by atoms with Crippen LogP contribution in [0, 0.1) is 6.92 Å². The van der Waals surface area contributed by atoms with Gasteiger partial charge in [-0.2, -0.15) is 4.98 Å². The second-order valence-electron chi connectivity index (χ2n) is 7.83. The van der Waals surface area contributed by atoms with Crippen molar-refractivity contribution in [2.45, 2.75) is 51.1 Å². The summed E-state index contributed by atoms with van der Waals surface area (Å²) >= 11 is 0. The van der Waals surface area contributed by atoms with E-state index >= 15 is 0 Å². The summed E-state index contributed by atoms with van der Waals surface area (Å²) in [7, 11) is 3.84. The topological polar surface area (TPSA) is 79.4 Å². The average molecular weight is 437 g/mol. The van der Waals surface area contributed by atoms with Gasteiger partial charge in [0.25, 0.3) is 5.91 Å². The van der Waals surface area contributed by atoms with Gasteiger partial charge in [0, 0.05) is 43.5 Å². The number of anilines is 2. The van der Waals surface area contributed by atoms with Crippen LogP contribution in [0.2, 0.25) is 0 Å². The van der Waals surface area contributed by atoms with Crippen LogP contribution in [-0.4, -0.2) is 48.4 Å². The maximum Gasteiger partial charge on any atom is 0.573 e. The van der Waals surface area contributed by atoms with Crippen LogP contribution in [0.1, 0.15) is 41.7 Å². The summed E-state index contributed by atoms with van der Waals surface area (Å²) in [6.45, 7) is 1.92. The first-order valence-electron chi connectivity index (χ1n) is 10.1. The Labute approximate surface area is 179 Å². The molecule has 0 bridgehead atoms. The van der Waals surface area contributed by atoms with Crippen molar-refractivity contribution in [3.63, 3.8) is 0 Å². The van der Waals surface area contributed by atoms with Gasteiger partial charge in [-0.15, -0.1) is 13.2 Å². The van der Waals surface area contributed by atoms with Crippen LogP contribution in [0.3, 0.4) is 0 Å². The fourth-order valence-corrected chi connectivity index (χ4v) is 3.51. The van der Waals surface area contributed by atoms with Crippen molar-refractivity contribution in [2.24, 2.45) is 0 Å². The summed E-state index contributed by atoms with van der Waals surface area (Å²) in [5, 5.41) is 6.27. The van der Waals surface area contributed by atoms with Crippen LogP contribution in [0.15, 0.2) is 30.3 Å². The van der Waals surface area contributed by atoms with Crippen LogP contribution in [0.4, 0.5) is 24.9 Å². The third kappa shape index (κ3) is 6.73. The number of hydrogen-bond acceptors (Lipinski definition) is 6. The minimum Gasteiger partial charge on any atom is -0.406 e. The molecule has 0 saturated heterocycles. The fraction of sp³-hybridized carbons (Fsp3) is 0.476. The van der Waals surface area contributed by atoms with Crippen molar-refractivity contribution >= 4 is 17.7 Å². The highest BCUT2D eigenvalue weighted by atomic mass is 19.4. The number of hydrogen-bond donors (Lipinski definition) is 2. The standard InChI is InChI=1S/C21H26F3N5O2/c1-13-11-18(29(2)3)28-20(25-13)27-16-9-7-15(8-10-16)26-19(30)14-5-4-6-17(12-14)31-21(22,23)24/h4-6,11-12,15-16H,7-10H2,1-3H3,(H,26,30)(H,25,27,28). The molecule has 1 fully saturated rings. The third-order valence-corrected chi connectivity index (χ3v) is 5.02. The number of benzene rings is 1. The molecule has 3 rings (SSSR count). The van der Waals surface area contributed by atoms with E-state index in [-0.39, 0.29) is 17.6 Å². The Morgan fingerprint density at radius 3 is 2.42 bits per heavy atom. The van der Waals surface area contributed by atoms with Crippen LogP contribution in [-0.2, 0) is 0 Å². The van der Waals surface area contributed by atoms with Gasteiger partial charge in [-0.25, -0.2) is 4.98 Å². The first kappa shape index (κ1) is 22.6. The van der Waals surface area contributed by atoms with E-state index < -0.39 is 18.0 Å². The highest BCUT2D eigenvalue weighted by Crippen LogP contribution is 2.25. The molecule has 31 heavy (non-hydrogen) atoms. The molecule has 1 aliphatic carbocycles. The summed E-state index contributed by atoms with van der Waals surface area (Å²) < 4.78 is 41.0. The van der Waals surface area contributed by atoms with E-state index in [2.05, 4.69) is 25.3 Å². The van der Waals surface area contributed by atoms with Crippen molar-refractivity contribution in [2.75, 3.05) is 24.3 Å². The second kappa shape index (κ2) is 9.40. The molecular formula is C21H26F3N5O2. The Morgan fingerprint density at radius 1 is 1.10 bits per heavy atom. The van der Waals surface area contributed by atoms with Gasteiger partial charge in [-0.3, -0.25) is 4.79 Å². The summed E-state index contributed by atoms with van der Waals surface area (Å²) in [5.41, 5.74) is 1.00. The van der Waals surface area contributed by atoms with E-state index in [9.17, 15) is 18.0 Å². The number of amides is 1. The van der Waals surface area contributed by atoms with Gasteiger partial charge in [0.2, 0.25) is 5.95 Å². The van der Waals surface area contributed by atoms with Gasteiger partial charge >= 0.3 is 6.36 Å². The monoisotopic (exact) mass is 437 g/mol. The molecule has 0 atom stereocenters. The molecule has 2 N–H and O–H groups in total. The van der Waals surface area contributed by atoms with Crippen molar-refractivity contribution in [1.82, 2.24) is 15.3 Å². The Kier molecular flexibility index (Phi) is 6.87. The zero-order valence-electron chi connectivity index (χ0n) is 17.7. The Hall–Kier alpha value is -3.04. The van der Waals surface area contributed by atoms with Crippen molar-refractivity contribution < 1.29 is 22.7 Å². The molecule has 1 saturated carbocycles. The first-order valence-corrected chi connectivity index (χ1v) is 10.1. The highest BCUT2D eigenvalue weighted by molar-refractivity contribution is 5.94. The molecule has 0 unspecified atom stereocenters. The number of aromatic nitrogens is 2. The number of nitrogens with one attached hydrogen (secondary N) is 2. The van der Waals surface area contributed by atoms with Crippen LogP contribution >= 0.6 is 0 Å². The maximum absolute atomic E-state index is 12.5. The van der Waals surface area contributed by atoms with Gasteiger partial charge in [0.05, 0.1) is 0 Å². The lowest BCUT2D eigenvalue weighted by molar-refractivity contribution is -0.274. The van der Waals surface area contributed by atoms with Gasteiger partial charge in [0.1, 0.15) is 11.6 Å². The minimum atomic E-state index is -4.80. The third-order valence-electron chi connectivity index (χ3n) is 5.02. The Morgan fingerprint density at radius 2 is 1.77 bits per heavy atom. The van der Waals surface area contributed by atoms with Gasteiger partial charge in [0.15, 0.2) is 0 Å². The maximum atomic E-state index is 12.5. The molecule has 1 aromatic heterocycles. The van der Waals surface area contributed by atoms with Gasteiger partial charge < -0.3 is 20.3 Å². The molecule has 10 heteroatoms. The summed E-state index contributed by atoms with van der Waals surface area (Å²) in [6.07, 6.45) is -1.68. The van der Waals surface area contributed by atoms with Crippen LogP contribution in [0.5, 0.6) is 5.75 Å². The van der Waals surface area contributed by atoms with E-state index in [1.807, 2.05) is 32.0 Å². The van der Waals surface area contributed by atoms with Crippen LogP contribution in [0.25, 0.3) is 0 Å². The van der Waals surface area contributed by atoms with Crippen molar-refractivity contribution in [1.29, 1.82) is 0 Å². The van der Waals surface area contributed by atoms with E-state index in [1.54, 1.807) is 0 Å². The molecule has 1 heterocycles. The summed E-state index contributed by atoms with van der Waals surface area (Å²) in [4.78, 5) is 23.3. The zero-order chi connectivity index (χ0) is 22.6. The smallest absolute Gasteiger partial charge is 0.406 e. The number of aryl methyl sites for hydroxylation is 1. The molecule has 1 aliphatic rings. The quantitative estimate of drug-likeness (QED) is 0.714. The number of rotatable bonds is 6. The zero-order valence-corrected chi connectivity index (χ0v) is 17.7. The molecule has 2 aromatic rings. The molecule has 0 aliphatic heterocycles. The lowest BCUT2D eigenvalue weighted by atomic mass is 9.91.